The molecule has 0 fully saturated rings. The average molecular weight is 248 g/mol. The number of hydrogen-bond donors (Lipinski definition) is 2. The number of nitrogens with one attached hydrogen (secondary N) is 1. The molecule has 1 amide bonds. The van der Waals surface area contributed by atoms with Crippen LogP contribution in [0.15, 0.2) is 24.3 Å². The van der Waals surface area contributed by atoms with Gasteiger partial charge in [-0.05, 0) is 38.3 Å². The number of rotatable bonds is 5. The lowest BCUT2D eigenvalue weighted by Gasteiger charge is -2.26. The van der Waals surface area contributed by atoms with Crippen molar-refractivity contribution >= 4 is 5.91 Å². The molecule has 3 nitrogen and oxygen atoms in total. The maximum Gasteiger partial charge on any atom is 0.240 e. The van der Waals surface area contributed by atoms with E-state index >= 15 is 0 Å². The van der Waals surface area contributed by atoms with Gasteiger partial charge in [0.05, 0.1) is 11.6 Å². The molecule has 0 spiro atoms. The molecule has 1 aromatic rings. The Hall–Kier alpha value is -1.35. The first-order valence-corrected chi connectivity index (χ1v) is 6.54. The van der Waals surface area contributed by atoms with Crippen LogP contribution in [0.4, 0.5) is 0 Å². The normalized spacial score (nSPS) is 15.8. The van der Waals surface area contributed by atoms with Crippen LogP contribution in [0.2, 0.25) is 0 Å². The molecule has 3 heteroatoms. The predicted molar refractivity (Wildman–Crippen MR) is 75.2 cm³/mol. The number of aryl methyl sites for hydroxylation is 1. The summed E-state index contributed by atoms with van der Waals surface area (Å²) in [5.74, 6) is -0.0832. The van der Waals surface area contributed by atoms with Crippen molar-refractivity contribution < 1.29 is 4.79 Å². The van der Waals surface area contributed by atoms with E-state index in [0.29, 0.717) is 6.42 Å². The third-order valence-corrected chi connectivity index (χ3v) is 3.29. The van der Waals surface area contributed by atoms with Gasteiger partial charge < -0.3 is 11.1 Å². The van der Waals surface area contributed by atoms with Crippen molar-refractivity contribution in [1.82, 2.24) is 5.32 Å². The Balaban J connectivity index is 2.74. The molecule has 0 aliphatic carbocycles. The Morgan fingerprint density at radius 1 is 1.44 bits per heavy atom. The Kier molecular flexibility index (Phi) is 4.91. The van der Waals surface area contributed by atoms with Crippen molar-refractivity contribution in [3.05, 3.63) is 35.4 Å². The van der Waals surface area contributed by atoms with E-state index < -0.39 is 5.54 Å². The van der Waals surface area contributed by atoms with Gasteiger partial charge in [-0.15, -0.1) is 0 Å². The number of carbonyl (C=O) groups is 1. The largest absolute Gasteiger partial charge is 0.348 e. The third-order valence-electron chi connectivity index (χ3n) is 3.29. The van der Waals surface area contributed by atoms with Crippen LogP contribution < -0.4 is 11.1 Å². The molecule has 2 atom stereocenters. The van der Waals surface area contributed by atoms with Crippen molar-refractivity contribution in [3.8, 4) is 0 Å². The lowest BCUT2D eigenvalue weighted by atomic mass is 9.95. The van der Waals surface area contributed by atoms with Gasteiger partial charge in [0.1, 0.15) is 0 Å². The minimum Gasteiger partial charge on any atom is -0.348 e. The molecule has 0 aliphatic rings. The molecular formula is C15H24N2O. The van der Waals surface area contributed by atoms with E-state index in [2.05, 4.69) is 5.32 Å². The summed E-state index contributed by atoms with van der Waals surface area (Å²) in [7, 11) is 0. The fourth-order valence-corrected chi connectivity index (χ4v) is 2.14. The van der Waals surface area contributed by atoms with Gasteiger partial charge in [-0.25, -0.2) is 0 Å². The van der Waals surface area contributed by atoms with Crippen molar-refractivity contribution in [2.75, 3.05) is 0 Å². The SMILES string of the molecule is CCCC(C)(N)C(=O)N[C@@H](C)c1ccccc1C. The average Bonchev–Trinajstić information content (AvgIpc) is 2.29. The van der Waals surface area contributed by atoms with Gasteiger partial charge in [0.15, 0.2) is 0 Å². The van der Waals surface area contributed by atoms with E-state index in [1.807, 2.05) is 45.0 Å². The van der Waals surface area contributed by atoms with Crippen LogP contribution in [0, 0.1) is 6.92 Å². The van der Waals surface area contributed by atoms with Gasteiger partial charge in [-0.1, -0.05) is 37.6 Å². The number of benzene rings is 1. The second-order valence-corrected chi connectivity index (χ2v) is 5.22. The number of amides is 1. The Bertz CT molecular complexity index is 413. The fourth-order valence-electron chi connectivity index (χ4n) is 2.14. The summed E-state index contributed by atoms with van der Waals surface area (Å²) in [6, 6.07) is 8.05. The van der Waals surface area contributed by atoms with Crippen LogP contribution >= 0.6 is 0 Å². The molecule has 0 bridgehead atoms. The highest BCUT2D eigenvalue weighted by Crippen LogP contribution is 2.18. The van der Waals surface area contributed by atoms with Crippen LogP contribution in [0.25, 0.3) is 0 Å². The minimum absolute atomic E-state index is 0.0153. The second kappa shape index (κ2) is 6.01. The highest BCUT2D eigenvalue weighted by atomic mass is 16.2. The van der Waals surface area contributed by atoms with Crippen LogP contribution in [0.1, 0.15) is 50.8 Å². The molecule has 0 heterocycles. The second-order valence-electron chi connectivity index (χ2n) is 5.22. The van der Waals surface area contributed by atoms with Crippen LogP contribution in [0.3, 0.4) is 0 Å². The van der Waals surface area contributed by atoms with Crippen LogP contribution in [-0.4, -0.2) is 11.4 Å². The first-order valence-electron chi connectivity index (χ1n) is 6.54. The monoisotopic (exact) mass is 248 g/mol. The first-order chi connectivity index (χ1) is 8.38. The number of nitrogens with two attached hydrogens (primary N) is 1. The zero-order valence-electron chi connectivity index (χ0n) is 11.8. The summed E-state index contributed by atoms with van der Waals surface area (Å²) in [6.07, 6.45) is 1.60. The van der Waals surface area contributed by atoms with E-state index in [4.69, 9.17) is 5.73 Å². The van der Waals surface area contributed by atoms with Gasteiger partial charge in [0.2, 0.25) is 5.91 Å². The third kappa shape index (κ3) is 3.57. The van der Waals surface area contributed by atoms with E-state index in [-0.39, 0.29) is 11.9 Å². The summed E-state index contributed by atoms with van der Waals surface area (Å²) in [4.78, 5) is 12.1. The van der Waals surface area contributed by atoms with Crippen molar-refractivity contribution in [3.63, 3.8) is 0 Å². The molecule has 0 aliphatic heterocycles. The van der Waals surface area contributed by atoms with E-state index in [1.54, 1.807) is 6.92 Å². The quantitative estimate of drug-likeness (QED) is 0.841. The zero-order chi connectivity index (χ0) is 13.8. The molecular weight excluding hydrogens is 224 g/mol. The van der Waals surface area contributed by atoms with Crippen LogP contribution in [0.5, 0.6) is 0 Å². The standard InChI is InChI=1S/C15H24N2O/c1-5-10-15(4,16)14(18)17-12(3)13-9-7-6-8-11(13)2/h6-9,12H,5,10,16H2,1-4H3,(H,17,18)/t12-,15?/m0/s1. The van der Waals surface area contributed by atoms with Gasteiger partial charge in [0, 0.05) is 0 Å². The Morgan fingerprint density at radius 3 is 2.61 bits per heavy atom. The topological polar surface area (TPSA) is 55.1 Å². The molecule has 1 unspecified atom stereocenters. The molecule has 0 saturated heterocycles. The molecule has 100 valence electrons. The van der Waals surface area contributed by atoms with Gasteiger partial charge in [-0.3, -0.25) is 4.79 Å². The summed E-state index contributed by atoms with van der Waals surface area (Å²) < 4.78 is 0. The number of carbonyl (C=O) groups excluding carboxylic acids is 1. The molecule has 18 heavy (non-hydrogen) atoms. The lowest BCUT2D eigenvalue weighted by Crippen LogP contribution is -2.52. The smallest absolute Gasteiger partial charge is 0.240 e. The molecule has 0 radical (unpaired) electrons. The molecule has 1 rings (SSSR count). The van der Waals surface area contributed by atoms with E-state index in [0.717, 1.165) is 12.0 Å². The number of hydrogen-bond acceptors (Lipinski definition) is 2. The predicted octanol–water partition coefficient (Wildman–Crippen LogP) is 2.69. The van der Waals surface area contributed by atoms with Crippen LogP contribution in [-0.2, 0) is 4.79 Å². The maximum atomic E-state index is 12.1. The highest BCUT2D eigenvalue weighted by molar-refractivity contribution is 5.85. The van der Waals surface area contributed by atoms with Gasteiger partial charge >= 0.3 is 0 Å². The van der Waals surface area contributed by atoms with Crippen molar-refractivity contribution in [2.24, 2.45) is 5.73 Å². The van der Waals surface area contributed by atoms with Gasteiger partial charge in [-0.2, -0.15) is 0 Å². The van der Waals surface area contributed by atoms with Crippen molar-refractivity contribution in [2.45, 2.75) is 52.1 Å². The van der Waals surface area contributed by atoms with Gasteiger partial charge in [0.25, 0.3) is 0 Å². The summed E-state index contributed by atoms with van der Waals surface area (Å²) in [5.41, 5.74) is 7.55. The zero-order valence-corrected chi connectivity index (χ0v) is 11.8. The molecule has 1 aromatic carbocycles. The Morgan fingerprint density at radius 2 is 2.06 bits per heavy atom. The molecule has 0 saturated carbocycles. The summed E-state index contributed by atoms with van der Waals surface area (Å²) in [5, 5.41) is 3.00. The molecule has 3 N–H and O–H groups in total. The van der Waals surface area contributed by atoms with E-state index in [1.165, 1.54) is 5.56 Å². The van der Waals surface area contributed by atoms with Crippen molar-refractivity contribution in [1.29, 1.82) is 0 Å². The summed E-state index contributed by atoms with van der Waals surface area (Å²) >= 11 is 0. The lowest BCUT2D eigenvalue weighted by molar-refractivity contribution is -0.126. The fraction of sp³-hybridized carbons (Fsp3) is 0.533. The van der Waals surface area contributed by atoms with E-state index in [9.17, 15) is 4.79 Å². The first kappa shape index (κ1) is 14.7. The molecule has 0 aromatic heterocycles. The minimum atomic E-state index is -0.786. The summed E-state index contributed by atoms with van der Waals surface area (Å²) in [6.45, 7) is 7.85. The maximum absolute atomic E-state index is 12.1. The Labute approximate surface area is 110 Å². The highest BCUT2D eigenvalue weighted by Gasteiger charge is 2.28.